The van der Waals surface area contributed by atoms with Crippen molar-refractivity contribution in [2.45, 2.75) is 33.7 Å². The summed E-state index contributed by atoms with van der Waals surface area (Å²) in [6, 6.07) is 0.311. The molecule has 0 radical (unpaired) electrons. The van der Waals surface area contributed by atoms with Gasteiger partial charge in [0, 0.05) is 56.5 Å². The monoisotopic (exact) mass is 460 g/mol. The zero-order valence-electron chi connectivity index (χ0n) is 19.3. The van der Waals surface area contributed by atoms with Crippen LogP contribution in [-0.4, -0.2) is 96.0 Å². The predicted molar refractivity (Wildman–Crippen MR) is 124 cm³/mol. The second-order valence-electron chi connectivity index (χ2n) is 9.61. The first-order chi connectivity index (χ1) is 15.2. The van der Waals surface area contributed by atoms with Gasteiger partial charge in [0.15, 0.2) is 10.8 Å². The number of aromatic nitrogens is 1. The van der Waals surface area contributed by atoms with Crippen LogP contribution in [0.4, 0.5) is 4.79 Å². The van der Waals surface area contributed by atoms with E-state index < -0.39 is 0 Å². The third-order valence-electron chi connectivity index (χ3n) is 5.75. The maximum atomic E-state index is 12.8. The second-order valence-corrected chi connectivity index (χ2v) is 10.5. The van der Waals surface area contributed by atoms with Crippen molar-refractivity contribution >= 4 is 29.2 Å². The van der Waals surface area contributed by atoms with Gasteiger partial charge in [0.25, 0.3) is 0 Å². The summed E-state index contributed by atoms with van der Waals surface area (Å²) in [4.78, 5) is 40.5. The highest BCUT2D eigenvalue weighted by Crippen LogP contribution is 2.26. The number of ether oxygens (including phenoxy) is 1. The fourth-order valence-electron chi connectivity index (χ4n) is 4.43. The van der Waals surface area contributed by atoms with Gasteiger partial charge in [-0.15, -0.1) is 11.3 Å². The first kappa shape index (κ1) is 22.7. The zero-order chi connectivity index (χ0) is 22.9. The van der Waals surface area contributed by atoms with E-state index in [4.69, 9.17) is 4.74 Å². The van der Waals surface area contributed by atoms with Crippen LogP contribution in [0.2, 0.25) is 0 Å². The van der Waals surface area contributed by atoms with E-state index in [9.17, 15) is 9.59 Å². The zero-order valence-corrected chi connectivity index (χ0v) is 20.1. The number of esters is 1. The van der Waals surface area contributed by atoms with E-state index in [0.29, 0.717) is 31.1 Å². The molecule has 3 aliphatic heterocycles. The Morgan fingerprint density at radius 1 is 1.31 bits per heavy atom. The molecule has 1 aromatic rings. The predicted octanol–water partition coefficient (Wildman–Crippen LogP) is 1.78. The van der Waals surface area contributed by atoms with Crippen LogP contribution < -0.4 is 5.32 Å². The van der Waals surface area contributed by atoms with E-state index in [-0.39, 0.29) is 30.0 Å². The summed E-state index contributed by atoms with van der Waals surface area (Å²) in [6.45, 7) is 13.2. The second kappa shape index (κ2) is 9.19. The molecule has 0 spiro atoms. The summed E-state index contributed by atoms with van der Waals surface area (Å²) in [7, 11) is 0. The van der Waals surface area contributed by atoms with Gasteiger partial charge in [-0.3, -0.25) is 9.89 Å². The van der Waals surface area contributed by atoms with Crippen LogP contribution in [0.15, 0.2) is 27.8 Å². The Labute approximate surface area is 193 Å². The third kappa shape index (κ3) is 4.96. The highest BCUT2D eigenvalue weighted by Gasteiger charge is 2.41. The van der Waals surface area contributed by atoms with Crippen molar-refractivity contribution in [3.63, 3.8) is 0 Å². The molecule has 2 amide bonds. The quantitative estimate of drug-likeness (QED) is 0.651. The molecule has 32 heavy (non-hydrogen) atoms. The molecule has 0 aliphatic carbocycles. The summed E-state index contributed by atoms with van der Waals surface area (Å²) in [5, 5.41) is 6.05. The fraction of sp³-hybridized carbons (Fsp3) is 0.636. The maximum Gasteiger partial charge on any atom is 0.337 e. The van der Waals surface area contributed by atoms with Crippen molar-refractivity contribution in [2.75, 3.05) is 52.4 Å². The van der Waals surface area contributed by atoms with Gasteiger partial charge in [0.05, 0.1) is 24.8 Å². The Hall–Kier alpha value is -2.46. The number of hydrogen-bond donors (Lipinski definition) is 1. The van der Waals surface area contributed by atoms with Crippen LogP contribution in [0, 0.1) is 5.41 Å². The van der Waals surface area contributed by atoms with Crippen LogP contribution >= 0.6 is 11.3 Å². The number of thiazole rings is 1. The lowest BCUT2D eigenvalue weighted by atomic mass is 9.96. The van der Waals surface area contributed by atoms with Gasteiger partial charge < -0.3 is 19.9 Å². The molecular weight excluding hydrogens is 428 g/mol. The number of rotatable bonds is 6. The van der Waals surface area contributed by atoms with Gasteiger partial charge in [-0.25, -0.2) is 14.6 Å². The van der Waals surface area contributed by atoms with E-state index in [0.717, 1.165) is 36.9 Å². The number of piperazine rings is 1. The van der Waals surface area contributed by atoms with Gasteiger partial charge in [-0.05, 0) is 12.3 Å². The van der Waals surface area contributed by atoms with E-state index in [1.165, 1.54) is 11.3 Å². The van der Waals surface area contributed by atoms with E-state index in [2.05, 4.69) is 41.0 Å². The Balaban J connectivity index is 1.46. The highest BCUT2D eigenvalue weighted by atomic mass is 32.1. The molecule has 9 nitrogen and oxygen atoms in total. The van der Waals surface area contributed by atoms with Crippen LogP contribution in [0.1, 0.15) is 32.7 Å². The number of amidine groups is 1. The summed E-state index contributed by atoms with van der Waals surface area (Å²) < 4.78 is 5.27. The molecule has 10 heteroatoms. The molecule has 2 fully saturated rings. The first-order valence-electron chi connectivity index (χ1n) is 11.1. The van der Waals surface area contributed by atoms with Crippen LogP contribution in [0.5, 0.6) is 0 Å². The molecule has 4 heterocycles. The summed E-state index contributed by atoms with van der Waals surface area (Å²) in [5.41, 5.74) is 1.44. The molecule has 1 atom stereocenters. The van der Waals surface area contributed by atoms with Gasteiger partial charge in [0.1, 0.15) is 0 Å². The van der Waals surface area contributed by atoms with Gasteiger partial charge in [-0.2, -0.15) is 0 Å². The summed E-state index contributed by atoms with van der Waals surface area (Å²) in [5.74, 6) is 0.358. The first-order valence-corrected chi connectivity index (χ1v) is 12.0. The lowest BCUT2D eigenvalue weighted by molar-refractivity contribution is -0.138. The standard InChI is InChI=1S/C22H32N6O3S/c1-5-31-20(29)16-10-24-18(19-23-6-9-32-19)25-17(16)13-26-7-8-28-15(11-26)12-27(21(28)30)14-22(2,3)4/h6,9,15H,5,7-8,10-14H2,1-4H3,(H,24,25). The molecule has 4 rings (SSSR count). The average molecular weight is 461 g/mol. The number of aliphatic imine (C=N–C) groups is 1. The third-order valence-corrected chi connectivity index (χ3v) is 6.53. The average Bonchev–Trinajstić information content (AvgIpc) is 3.36. The van der Waals surface area contributed by atoms with Gasteiger partial charge in [0.2, 0.25) is 0 Å². The largest absolute Gasteiger partial charge is 0.463 e. The number of amides is 2. The lowest BCUT2D eigenvalue weighted by Crippen LogP contribution is -2.53. The Kier molecular flexibility index (Phi) is 6.52. The molecule has 0 aromatic carbocycles. The number of fused-ring (bicyclic) bond motifs is 1. The topological polar surface area (TPSA) is 90.4 Å². The Morgan fingerprint density at radius 3 is 2.81 bits per heavy atom. The van der Waals surface area contributed by atoms with E-state index in [1.54, 1.807) is 13.1 Å². The molecule has 1 aromatic heterocycles. The van der Waals surface area contributed by atoms with E-state index in [1.807, 2.05) is 15.2 Å². The normalized spacial score (nSPS) is 22.1. The van der Waals surface area contributed by atoms with Crippen molar-refractivity contribution in [1.29, 1.82) is 0 Å². The number of hydrogen-bond acceptors (Lipinski definition) is 8. The fourth-order valence-corrected chi connectivity index (χ4v) is 5.03. The minimum Gasteiger partial charge on any atom is -0.463 e. The van der Waals surface area contributed by atoms with Crippen molar-refractivity contribution < 1.29 is 14.3 Å². The Morgan fingerprint density at radius 2 is 2.12 bits per heavy atom. The van der Waals surface area contributed by atoms with Crippen molar-refractivity contribution in [2.24, 2.45) is 10.4 Å². The summed E-state index contributed by atoms with van der Waals surface area (Å²) in [6.07, 6.45) is 1.74. The minimum absolute atomic E-state index is 0.0703. The van der Waals surface area contributed by atoms with Crippen LogP contribution in [0.3, 0.4) is 0 Å². The summed E-state index contributed by atoms with van der Waals surface area (Å²) >= 11 is 1.51. The maximum absolute atomic E-state index is 12.8. The molecular formula is C22H32N6O3S. The van der Waals surface area contributed by atoms with Gasteiger partial charge >= 0.3 is 12.0 Å². The van der Waals surface area contributed by atoms with Crippen LogP contribution in [-0.2, 0) is 9.53 Å². The molecule has 0 saturated carbocycles. The van der Waals surface area contributed by atoms with E-state index >= 15 is 0 Å². The molecule has 0 bridgehead atoms. The molecule has 2 saturated heterocycles. The molecule has 1 unspecified atom stereocenters. The smallest absolute Gasteiger partial charge is 0.337 e. The number of nitrogens with one attached hydrogen (secondary N) is 1. The molecule has 174 valence electrons. The van der Waals surface area contributed by atoms with Crippen LogP contribution in [0.25, 0.3) is 0 Å². The molecule has 3 aliphatic rings. The number of carbonyl (C=O) groups is 2. The molecule has 1 N–H and O–H groups in total. The van der Waals surface area contributed by atoms with Crippen molar-refractivity contribution in [1.82, 2.24) is 25.0 Å². The number of carbonyl (C=O) groups excluding carboxylic acids is 2. The SMILES string of the molecule is CCOC(=O)C1=C(CN2CCN3C(=O)N(CC(C)(C)C)CC3C2)NC(c2nccs2)=NC1. The number of nitrogens with zero attached hydrogens (tertiary/aromatic N) is 5. The Bertz CT molecular complexity index is 921. The number of urea groups is 1. The minimum atomic E-state index is -0.331. The highest BCUT2D eigenvalue weighted by molar-refractivity contribution is 7.11. The van der Waals surface area contributed by atoms with Crippen molar-refractivity contribution in [3.05, 3.63) is 27.9 Å². The lowest BCUT2D eigenvalue weighted by Gasteiger charge is -2.37. The van der Waals surface area contributed by atoms with Crippen molar-refractivity contribution in [3.8, 4) is 0 Å². The van der Waals surface area contributed by atoms with Gasteiger partial charge in [-0.1, -0.05) is 20.8 Å².